The van der Waals surface area contributed by atoms with Crippen molar-refractivity contribution in [2.24, 2.45) is 5.73 Å². The van der Waals surface area contributed by atoms with Crippen LogP contribution in [0.5, 0.6) is 0 Å². The minimum atomic E-state index is -0.0278. The number of rotatable bonds is 0. The smallest absolute Gasteiger partial charge is 0.0326 e. The molecule has 1 heterocycles. The number of likely N-dealkylation sites (tertiary alicyclic amines) is 1. The standard InChI is InChI=1S/C9H20N2/c1-8(2)9(3,10)6-5-7-11(8)4/h5-7,10H2,1-4H3. The molecule has 0 bridgehead atoms. The summed E-state index contributed by atoms with van der Waals surface area (Å²) in [5, 5.41) is 0. The van der Waals surface area contributed by atoms with Gasteiger partial charge in [0, 0.05) is 11.1 Å². The van der Waals surface area contributed by atoms with Gasteiger partial charge in [-0.15, -0.1) is 0 Å². The lowest BCUT2D eigenvalue weighted by Gasteiger charge is -2.51. The third-order valence-electron chi connectivity index (χ3n) is 3.54. The van der Waals surface area contributed by atoms with Crippen LogP contribution in [-0.2, 0) is 0 Å². The van der Waals surface area contributed by atoms with Gasteiger partial charge in [0.15, 0.2) is 0 Å². The quantitative estimate of drug-likeness (QED) is 0.571. The van der Waals surface area contributed by atoms with E-state index in [4.69, 9.17) is 5.73 Å². The summed E-state index contributed by atoms with van der Waals surface area (Å²) in [6.07, 6.45) is 2.37. The van der Waals surface area contributed by atoms with Gasteiger partial charge in [-0.05, 0) is 47.2 Å². The van der Waals surface area contributed by atoms with E-state index in [9.17, 15) is 0 Å². The molecule has 0 aromatic rings. The largest absolute Gasteiger partial charge is 0.324 e. The van der Waals surface area contributed by atoms with Crippen molar-refractivity contribution in [2.75, 3.05) is 13.6 Å². The summed E-state index contributed by atoms with van der Waals surface area (Å²) in [5.41, 5.74) is 6.32. The van der Waals surface area contributed by atoms with Gasteiger partial charge >= 0.3 is 0 Å². The van der Waals surface area contributed by atoms with Gasteiger partial charge in [-0.1, -0.05) is 0 Å². The van der Waals surface area contributed by atoms with Crippen LogP contribution in [-0.4, -0.2) is 29.6 Å². The van der Waals surface area contributed by atoms with Crippen LogP contribution in [0, 0.1) is 0 Å². The SMILES string of the molecule is CN1CCCC(C)(N)C1(C)C. The normalized spacial score (nSPS) is 39.0. The topological polar surface area (TPSA) is 29.3 Å². The third kappa shape index (κ3) is 1.30. The van der Waals surface area contributed by atoms with Gasteiger partial charge in [-0.25, -0.2) is 0 Å². The highest BCUT2D eigenvalue weighted by atomic mass is 15.2. The van der Waals surface area contributed by atoms with Gasteiger partial charge < -0.3 is 5.73 Å². The van der Waals surface area contributed by atoms with Crippen molar-refractivity contribution in [1.29, 1.82) is 0 Å². The van der Waals surface area contributed by atoms with Crippen molar-refractivity contribution in [3.05, 3.63) is 0 Å². The maximum absolute atomic E-state index is 6.20. The Morgan fingerprint density at radius 2 is 1.82 bits per heavy atom. The monoisotopic (exact) mass is 156 g/mol. The molecule has 66 valence electrons. The Hall–Kier alpha value is -0.0800. The fourth-order valence-corrected chi connectivity index (χ4v) is 1.70. The molecular weight excluding hydrogens is 136 g/mol. The number of hydrogen-bond acceptors (Lipinski definition) is 2. The highest BCUT2D eigenvalue weighted by Gasteiger charge is 2.42. The maximum Gasteiger partial charge on any atom is 0.0326 e. The summed E-state index contributed by atoms with van der Waals surface area (Å²) >= 11 is 0. The molecule has 2 nitrogen and oxygen atoms in total. The fourth-order valence-electron chi connectivity index (χ4n) is 1.70. The van der Waals surface area contributed by atoms with Crippen LogP contribution in [0.25, 0.3) is 0 Å². The van der Waals surface area contributed by atoms with Gasteiger partial charge in [0.25, 0.3) is 0 Å². The van der Waals surface area contributed by atoms with E-state index in [0.29, 0.717) is 0 Å². The molecule has 1 aliphatic heterocycles. The molecule has 1 rings (SSSR count). The van der Waals surface area contributed by atoms with E-state index in [1.54, 1.807) is 0 Å². The van der Waals surface area contributed by atoms with Crippen LogP contribution in [0.1, 0.15) is 33.6 Å². The van der Waals surface area contributed by atoms with Crippen LogP contribution < -0.4 is 5.73 Å². The molecule has 1 aliphatic rings. The highest BCUT2D eigenvalue weighted by Crippen LogP contribution is 2.33. The van der Waals surface area contributed by atoms with Crippen molar-refractivity contribution in [3.63, 3.8) is 0 Å². The molecule has 2 heteroatoms. The van der Waals surface area contributed by atoms with E-state index in [1.165, 1.54) is 13.0 Å². The van der Waals surface area contributed by atoms with Crippen LogP contribution in [0.4, 0.5) is 0 Å². The van der Waals surface area contributed by atoms with Gasteiger partial charge in [0.1, 0.15) is 0 Å². The molecule has 11 heavy (non-hydrogen) atoms. The highest BCUT2D eigenvalue weighted by molar-refractivity contribution is 5.03. The second kappa shape index (κ2) is 2.46. The zero-order valence-electron chi connectivity index (χ0n) is 8.15. The van der Waals surface area contributed by atoms with Crippen molar-refractivity contribution in [1.82, 2.24) is 4.90 Å². The molecule has 1 saturated heterocycles. The second-order valence-corrected chi connectivity index (χ2v) is 4.50. The van der Waals surface area contributed by atoms with Gasteiger partial charge in [-0.3, -0.25) is 4.90 Å². The lowest BCUT2D eigenvalue weighted by molar-refractivity contribution is 0.0325. The van der Waals surface area contributed by atoms with Crippen LogP contribution in [0.15, 0.2) is 0 Å². The summed E-state index contributed by atoms with van der Waals surface area (Å²) in [7, 11) is 2.16. The third-order valence-corrected chi connectivity index (χ3v) is 3.54. The summed E-state index contributed by atoms with van der Waals surface area (Å²) in [4.78, 5) is 2.36. The summed E-state index contributed by atoms with van der Waals surface area (Å²) < 4.78 is 0. The Labute approximate surface area is 69.8 Å². The second-order valence-electron chi connectivity index (χ2n) is 4.50. The molecule has 0 aromatic carbocycles. The summed E-state index contributed by atoms with van der Waals surface area (Å²) in [6, 6.07) is 0. The molecule has 0 spiro atoms. The van der Waals surface area contributed by atoms with E-state index >= 15 is 0 Å². The van der Waals surface area contributed by atoms with Gasteiger partial charge in [-0.2, -0.15) is 0 Å². The van der Waals surface area contributed by atoms with E-state index in [1.807, 2.05) is 0 Å². The van der Waals surface area contributed by atoms with E-state index in [-0.39, 0.29) is 11.1 Å². The maximum atomic E-state index is 6.20. The number of likely N-dealkylation sites (N-methyl/N-ethyl adjacent to an activating group) is 1. The fraction of sp³-hybridized carbons (Fsp3) is 1.00. The first-order valence-corrected chi connectivity index (χ1v) is 4.38. The Balaban J connectivity index is 2.82. The molecule has 0 radical (unpaired) electrons. The van der Waals surface area contributed by atoms with Gasteiger partial charge in [0.2, 0.25) is 0 Å². The van der Waals surface area contributed by atoms with Crippen LogP contribution >= 0.6 is 0 Å². The minimum absolute atomic E-state index is 0.0278. The average Bonchev–Trinajstić information content (AvgIpc) is 1.84. The van der Waals surface area contributed by atoms with Crippen molar-refractivity contribution < 1.29 is 0 Å². The molecule has 1 fully saturated rings. The first-order valence-electron chi connectivity index (χ1n) is 4.38. The molecule has 1 unspecified atom stereocenters. The molecule has 0 aromatic heterocycles. The van der Waals surface area contributed by atoms with E-state index in [0.717, 1.165) is 6.42 Å². The van der Waals surface area contributed by atoms with Crippen molar-refractivity contribution in [2.45, 2.75) is 44.7 Å². The predicted molar refractivity (Wildman–Crippen MR) is 48.5 cm³/mol. The Morgan fingerprint density at radius 1 is 1.27 bits per heavy atom. The lowest BCUT2D eigenvalue weighted by atomic mass is 9.74. The molecule has 0 amide bonds. The van der Waals surface area contributed by atoms with E-state index in [2.05, 4.69) is 32.7 Å². The first-order chi connectivity index (χ1) is 4.88. The predicted octanol–water partition coefficient (Wildman–Crippen LogP) is 1.21. The zero-order valence-corrected chi connectivity index (χ0v) is 8.15. The Kier molecular flexibility index (Phi) is 2.01. The van der Waals surface area contributed by atoms with Crippen LogP contribution in [0.2, 0.25) is 0 Å². The molecule has 1 atom stereocenters. The first kappa shape index (κ1) is 9.01. The van der Waals surface area contributed by atoms with E-state index < -0.39 is 0 Å². The Bertz CT molecular complexity index is 150. The van der Waals surface area contributed by atoms with Crippen LogP contribution in [0.3, 0.4) is 0 Å². The minimum Gasteiger partial charge on any atom is -0.324 e. The molecule has 0 aliphatic carbocycles. The molecule has 2 N–H and O–H groups in total. The summed E-state index contributed by atoms with van der Waals surface area (Å²) in [6.45, 7) is 7.79. The average molecular weight is 156 g/mol. The summed E-state index contributed by atoms with van der Waals surface area (Å²) in [5.74, 6) is 0. The Morgan fingerprint density at radius 3 is 2.18 bits per heavy atom. The molecule has 0 saturated carbocycles. The van der Waals surface area contributed by atoms with Crippen molar-refractivity contribution >= 4 is 0 Å². The zero-order chi connectivity index (χ0) is 8.70. The number of nitrogens with two attached hydrogens (primary N) is 1. The van der Waals surface area contributed by atoms with Crippen molar-refractivity contribution in [3.8, 4) is 0 Å². The molecular formula is C9H20N2. The number of piperidine rings is 1. The number of nitrogens with zero attached hydrogens (tertiary/aromatic N) is 1. The number of hydrogen-bond donors (Lipinski definition) is 1. The lowest BCUT2D eigenvalue weighted by Crippen LogP contribution is -2.65. The van der Waals surface area contributed by atoms with Gasteiger partial charge in [0.05, 0.1) is 0 Å².